The molecule has 6 nitrogen and oxygen atoms in total. The van der Waals surface area contributed by atoms with Crippen LogP contribution in [0.15, 0.2) is 22.7 Å². The first-order chi connectivity index (χ1) is 11.0. The molecular weight excluding hydrogens is 622 g/mol. The van der Waals surface area contributed by atoms with Gasteiger partial charge in [0.15, 0.2) is 0 Å². The zero-order valence-electron chi connectivity index (χ0n) is 13.2. The lowest BCUT2D eigenvalue weighted by atomic mass is 10.2. The van der Waals surface area contributed by atoms with Crippen LogP contribution in [0.3, 0.4) is 0 Å². The predicted octanol–water partition coefficient (Wildman–Crippen LogP) is 6.71. The van der Waals surface area contributed by atoms with E-state index in [0.717, 1.165) is 0 Å². The van der Waals surface area contributed by atoms with Gasteiger partial charge in [-0.25, -0.2) is 0 Å². The lowest BCUT2D eigenvalue weighted by molar-refractivity contribution is 0.271. The quantitative estimate of drug-likeness (QED) is 0.233. The highest BCUT2D eigenvalue weighted by Crippen LogP contribution is 2.72. The molecule has 1 rings (SSSR count). The van der Waals surface area contributed by atoms with Gasteiger partial charge in [0.25, 0.3) is 0 Å². The summed E-state index contributed by atoms with van der Waals surface area (Å²) in [5, 5.41) is 0. The van der Waals surface area contributed by atoms with E-state index >= 15 is 0 Å². The van der Waals surface area contributed by atoms with E-state index in [0.29, 0.717) is 15.6 Å². The maximum atomic E-state index is 12.7. The van der Waals surface area contributed by atoms with Crippen molar-refractivity contribution in [1.82, 2.24) is 0 Å². The number of hydrogen-bond acceptors (Lipinski definition) is 6. The van der Waals surface area contributed by atoms with Crippen LogP contribution in [0.5, 0.6) is 0 Å². The van der Waals surface area contributed by atoms with E-state index in [2.05, 4.69) is 63.7 Å². The summed E-state index contributed by atoms with van der Waals surface area (Å²) >= 11 is 13.5. The van der Waals surface area contributed by atoms with Gasteiger partial charge in [0.05, 0.1) is 0 Å². The molecule has 0 aliphatic rings. The third-order valence-corrected chi connectivity index (χ3v) is 13.1. The minimum absolute atomic E-state index is 0.572. The van der Waals surface area contributed by atoms with Gasteiger partial charge in [-0.05, 0) is 11.6 Å². The molecule has 138 valence electrons. The molecule has 0 heterocycles. The van der Waals surface area contributed by atoms with Crippen molar-refractivity contribution in [2.45, 2.75) is 7.54 Å². The number of alkyl halides is 3. The molecule has 0 aliphatic heterocycles. The zero-order valence-corrected chi connectivity index (χ0v) is 21.3. The van der Waals surface area contributed by atoms with Crippen molar-refractivity contribution in [3.05, 3.63) is 33.8 Å². The number of halogens is 4. The molecule has 1 unspecified atom stereocenters. The summed E-state index contributed by atoms with van der Waals surface area (Å²) in [5.74, 6) is 0. The summed E-state index contributed by atoms with van der Waals surface area (Å²) in [6.07, 6.45) is 0. The van der Waals surface area contributed by atoms with Crippen molar-refractivity contribution in [2.75, 3.05) is 28.4 Å². The zero-order chi connectivity index (χ0) is 18.8. The molecule has 0 saturated heterocycles. The van der Waals surface area contributed by atoms with Gasteiger partial charge in [0, 0.05) is 38.5 Å². The molecular formula is C12H16Br4O6P2. The largest absolute Gasteiger partial charge is 0.361 e. The molecule has 0 N–H and O–H groups in total. The maximum Gasteiger partial charge on any atom is 0.361 e. The van der Waals surface area contributed by atoms with E-state index in [-0.39, 0.29) is 0 Å². The molecule has 1 aromatic rings. The first-order valence-corrected chi connectivity index (χ1v) is 12.7. The average Bonchev–Trinajstić information content (AvgIpc) is 2.58. The van der Waals surface area contributed by atoms with Crippen molar-refractivity contribution in [3.8, 4) is 0 Å². The smallest absolute Gasteiger partial charge is 0.311 e. The minimum Gasteiger partial charge on any atom is -0.311 e. The van der Waals surface area contributed by atoms with Gasteiger partial charge < -0.3 is 18.1 Å². The van der Waals surface area contributed by atoms with E-state index in [1.807, 2.05) is 0 Å². The summed E-state index contributed by atoms with van der Waals surface area (Å²) in [6, 6.07) is 5.11. The molecule has 1 atom stereocenters. The van der Waals surface area contributed by atoms with Crippen molar-refractivity contribution in [2.24, 2.45) is 0 Å². The monoisotopic (exact) mass is 634 g/mol. The van der Waals surface area contributed by atoms with Gasteiger partial charge >= 0.3 is 15.2 Å². The summed E-state index contributed by atoms with van der Waals surface area (Å²) < 4.78 is 44.0. The number of hydrogen-bond donors (Lipinski definition) is 0. The SMILES string of the molecule is COP(=O)(OC)C(Br)c1ccc(C(Br)(Br)P(=O)(OC)OC)c(Br)c1. The van der Waals surface area contributed by atoms with Crippen LogP contribution in [0.4, 0.5) is 0 Å². The van der Waals surface area contributed by atoms with Gasteiger partial charge in [-0.15, -0.1) is 0 Å². The molecule has 0 saturated carbocycles. The molecule has 0 amide bonds. The molecule has 0 bridgehead atoms. The van der Waals surface area contributed by atoms with E-state index in [1.165, 1.54) is 28.4 Å². The Balaban J connectivity index is 3.36. The third kappa shape index (κ3) is 4.46. The lowest BCUT2D eigenvalue weighted by Crippen LogP contribution is -2.13. The van der Waals surface area contributed by atoms with Crippen molar-refractivity contribution in [3.63, 3.8) is 0 Å². The summed E-state index contributed by atoms with van der Waals surface area (Å²) in [7, 11) is -1.65. The molecule has 24 heavy (non-hydrogen) atoms. The molecule has 1 aromatic carbocycles. The Morgan fingerprint density at radius 2 is 1.50 bits per heavy atom. The van der Waals surface area contributed by atoms with Crippen LogP contribution >= 0.6 is 78.9 Å². The fourth-order valence-electron chi connectivity index (χ4n) is 1.82. The van der Waals surface area contributed by atoms with Gasteiger partial charge in [0.1, 0.15) is 4.57 Å². The van der Waals surface area contributed by atoms with Crippen LogP contribution in [0.1, 0.15) is 15.7 Å². The summed E-state index contributed by atoms with van der Waals surface area (Å²) in [4.78, 5) is 0. The van der Waals surface area contributed by atoms with Crippen LogP contribution in [0.25, 0.3) is 0 Å². The minimum atomic E-state index is -3.53. The highest BCUT2D eigenvalue weighted by molar-refractivity contribution is 9.26. The van der Waals surface area contributed by atoms with Gasteiger partial charge in [-0.1, -0.05) is 75.9 Å². The van der Waals surface area contributed by atoms with E-state index in [1.54, 1.807) is 18.2 Å². The number of rotatable bonds is 8. The molecule has 0 aliphatic carbocycles. The Hall–Kier alpha value is 1.44. The fraction of sp³-hybridized carbons (Fsp3) is 0.500. The first-order valence-electron chi connectivity index (χ1n) is 6.27. The van der Waals surface area contributed by atoms with Crippen molar-refractivity contribution < 1.29 is 27.2 Å². The van der Waals surface area contributed by atoms with Gasteiger partial charge in [0.2, 0.25) is 2.97 Å². The Morgan fingerprint density at radius 1 is 1.00 bits per heavy atom. The number of benzene rings is 1. The Labute approximate surface area is 174 Å². The van der Waals surface area contributed by atoms with Crippen LogP contribution in [0, 0.1) is 0 Å². The van der Waals surface area contributed by atoms with E-state index in [4.69, 9.17) is 18.1 Å². The first kappa shape index (κ1) is 23.5. The Bertz CT molecular complexity index is 668. The highest BCUT2D eigenvalue weighted by atomic mass is 79.9. The van der Waals surface area contributed by atoms with Crippen LogP contribution in [-0.2, 0) is 30.2 Å². The average molecular weight is 638 g/mol. The predicted molar refractivity (Wildman–Crippen MR) is 109 cm³/mol. The summed E-state index contributed by atoms with van der Waals surface area (Å²) in [5.41, 5.74) is 1.22. The second kappa shape index (κ2) is 9.09. The fourth-order valence-corrected chi connectivity index (χ4v) is 9.06. The van der Waals surface area contributed by atoms with E-state index in [9.17, 15) is 9.13 Å². The standard InChI is InChI=1S/C12H16Br4O6P2/c1-19-23(17,20-2)11(14)8-5-6-9(10(13)7-8)12(15,16)24(18,21-3)22-4/h5-7,11H,1-4H3. The van der Waals surface area contributed by atoms with Gasteiger partial charge in [-0.2, -0.15) is 0 Å². The molecule has 0 fully saturated rings. The molecule has 0 spiro atoms. The normalized spacial score (nSPS) is 14.7. The second-order valence-electron chi connectivity index (χ2n) is 4.38. The van der Waals surface area contributed by atoms with Crippen molar-refractivity contribution in [1.29, 1.82) is 0 Å². The van der Waals surface area contributed by atoms with E-state index < -0.39 is 22.7 Å². The Morgan fingerprint density at radius 3 is 1.88 bits per heavy atom. The van der Waals surface area contributed by atoms with Crippen LogP contribution in [0.2, 0.25) is 0 Å². The van der Waals surface area contributed by atoms with Crippen LogP contribution in [-0.4, -0.2) is 28.4 Å². The third-order valence-electron chi connectivity index (χ3n) is 3.20. The molecule has 12 heteroatoms. The lowest BCUT2D eigenvalue weighted by Gasteiger charge is -2.29. The topological polar surface area (TPSA) is 71.1 Å². The molecule has 0 radical (unpaired) electrons. The molecule has 0 aromatic heterocycles. The second-order valence-corrected chi connectivity index (χ2v) is 16.3. The van der Waals surface area contributed by atoms with Crippen LogP contribution < -0.4 is 0 Å². The Kier molecular flexibility index (Phi) is 8.89. The summed E-state index contributed by atoms with van der Waals surface area (Å²) in [6.45, 7) is 0. The highest BCUT2D eigenvalue weighted by Gasteiger charge is 2.49. The van der Waals surface area contributed by atoms with Crippen molar-refractivity contribution >= 4 is 78.9 Å². The van der Waals surface area contributed by atoms with Gasteiger partial charge in [-0.3, -0.25) is 9.13 Å². The maximum absolute atomic E-state index is 12.7.